The molecule has 1 fully saturated rings. The van der Waals surface area contributed by atoms with Gasteiger partial charge < -0.3 is 9.88 Å². The number of rotatable bonds is 5. The Hall–Kier alpha value is -1.65. The van der Waals surface area contributed by atoms with Crippen molar-refractivity contribution in [2.45, 2.75) is 13.0 Å². The summed E-state index contributed by atoms with van der Waals surface area (Å²) in [5.41, 5.74) is 2.65. The van der Waals surface area contributed by atoms with Crippen LogP contribution >= 0.6 is 0 Å². The van der Waals surface area contributed by atoms with E-state index in [0.717, 1.165) is 26.1 Å². The molecular formula is C16H22N4. The minimum Gasteiger partial charge on any atom is -0.347 e. The predicted octanol–water partition coefficient (Wildman–Crippen LogP) is 1.77. The second-order valence-corrected chi connectivity index (χ2v) is 5.43. The zero-order valence-electron chi connectivity index (χ0n) is 11.8. The van der Waals surface area contributed by atoms with Gasteiger partial charge in [0.25, 0.3) is 0 Å². The Morgan fingerprint density at radius 1 is 1.00 bits per heavy atom. The van der Waals surface area contributed by atoms with Crippen LogP contribution < -0.4 is 0 Å². The highest BCUT2D eigenvalue weighted by Crippen LogP contribution is 2.08. The van der Waals surface area contributed by atoms with Crippen molar-refractivity contribution in [1.29, 1.82) is 0 Å². The lowest BCUT2D eigenvalue weighted by Gasteiger charge is -2.34. The first kappa shape index (κ1) is 13.3. The summed E-state index contributed by atoms with van der Waals surface area (Å²) in [4.78, 5) is 12.3. The van der Waals surface area contributed by atoms with E-state index in [9.17, 15) is 0 Å². The number of nitrogens with one attached hydrogen (secondary N) is 1. The van der Waals surface area contributed by atoms with Gasteiger partial charge in [0.05, 0.1) is 6.33 Å². The molecular weight excluding hydrogens is 248 g/mol. The van der Waals surface area contributed by atoms with Crippen LogP contribution in [0.5, 0.6) is 0 Å². The maximum atomic E-state index is 4.07. The Morgan fingerprint density at radius 2 is 1.75 bits per heavy atom. The molecule has 4 nitrogen and oxygen atoms in total. The van der Waals surface area contributed by atoms with Crippen molar-refractivity contribution in [3.05, 3.63) is 54.1 Å². The zero-order valence-corrected chi connectivity index (χ0v) is 11.8. The van der Waals surface area contributed by atoms with Gasteiger partial charge in [-0.05, 0) is 12.0 Å². The van der Waals surface area contributed by atoms with E-state index >= 15 is 0 Å². The standard InChI is InChI=1S/C16H22N4/c1-2-4-15(5-3-1)6-7-19-8-10-20(11-9-19)13-16-12-17-14-18-16/h1-5,12,14H,6-11,13H2,(H,17,18). The normalized spacial score (nSPS) is 17.4. The summed E-state index contributed by atoms with van der Waals surface area (Å²) in [5, 5.41) is 0. The van der Waals surface area contributed by atoms with E-state index in [1.54, 1.807) is 6.33 Å². The Bertz CT molecular complexity index is 486. The van der Waals surface area contributed by atoms with Crippen molar-refractivity contribution in [3.63, 3.8) is 0 Å². The lowest BCUT2D eigenvalue weighted by atomic mass is 10.1. The smallest absolute Gasteiger partial charge is 0.0922 e. The molecule has 2 heterocycles. The fraction of sp³-hybridized carbons (Fsp3) is 0.438. The Balaban J connectivity index is 1.40. The first-order chi connectivity index (χ1) is 9.90. The molecule has 2 aromatic rings. The third-order valence-corrected chi connectivity index (χ3v) is 3.97. The van der Waals surface area contributed by atoms with E-state index < -0.39 is 0 Å². The molecule has 1 aliphatic rings. The molecule has 0 spiro atoms. The fourth-order valence-electron chi connectivity index (χ4n) is 2.71. The molecule has 1 saturated heterocycles. The topological polar surface area (TPSA) is 35.2 Å². The number of benzene rings is 1. The first-order valence-electron chi connectivity index (χ1n) is 7.36. The molecule has 0 saturated carbocycles. The molecule has 0 bridgehead atoms. The number of H-pyrrole nitrogens is 1. The summed E-state index contributed by atoms with van der Waals surface area (Å²) < 4.78 is 0. The van der Waals surface area contributed by atoms with Crippen LogP contribution in [0.3, 0.4) is 0 Å². The summed E-state index contributed by atoms with van der Waals surface area (Å²) in [6, 6.07) is 10.8. The second-order valence-electron chi connectivity index (χ2n) is 5.43. The summed E-state index contributed by atoms with van der Waals surface area (Å²) in [6.45, 7) is 6.79. The van der Waals surface area contributed by atoms with E-state index in [2.05, 4.69) is 50.1 Å². The van der Waals surface area contributed by atoms with Crippen molar-refractivity contribution in [3.8, 4) is 0 Å². The maximum Gasteiger partial charge on any atom is 0.0922 e. The number of hydrogen-bond acceptors (Lipinski definition) is 3. The van der Waals surface area contributed by atoms with Crippen molar-refractivity contribution < 1.29 is 0 Å². The van der Waals surface area contributed by atoms with Gasteiger partial charge >= 0.3 is 0 Å². The molecule has 20 heavy (non-hydrogen) atoms. The first-order valence-corrected chi connectivity index (χ1v) is 7.36. The lowest BCUT2D eigenvalue weighted by Crippen LogP contribution is -2.46. The van der Waals surface area contributed by atoms with Crippen LogP contribution in [0.4, 0.5) is 0 Å². The lowest BCUT2D eigenvalue weighted by molar-refractivity contribution is 0.127. The van der Waals surface area contributed by atoms with Gasteiger partial charge in [-0.1, -0.05) is 30.3 Å². The third-order valence-electron chi connectivity index (χ3n) is 3.97. The molecule has 1 aromatic carbocycles. The third kappa shape index (κ3) is 3.68. The monoisotopic (exact) mass is 270 g/mol. The molecule has 1 aromatic heterocycles. The van der Waals surface area contributed by atoms with Gasteiger partial charge in [0.2, 0.25) is 0 Å². The zero-order chi connectivity index (χ0) is 13.6. The van der Waals surface area contributed by atoms with Crippen molar-refractivity contribution in [1.82, 2.24) is 19.8 Å². The van der Waals surface area contributed by atoms with Crippen LogP contribution in [-0.4, -0.2) is 52.5 Å². The SMILES string of the molecule is c1ccc(CCN2CCN(Cc3cnc[nH]3)CC2)cc1. The number of imidazole rings is 1. The largest absolute Gasteiger partial charge is 0.347 e. The van der Waals surface area contributed by atoms with Gasteiger partial charge in [0.1, 0.15) is 0 Å². The molecule has 4 heteroatoms. The van der Waals surface area contributed by atoms with Crippen molar-refractivity contribution >= 4 is 0 Å². The highest BCUT2D eigenvalue weighted by molar-refractivity contribution is 5.14. The van der Waals surface area contributed by atoms with Crippen LogP contribution in [0.15, 0.2) is 42.9 Å². The van der Waals surface area contributed by atoms with E-state index in [-0.39, 0.29) is 0 Å². The summed E-state index contributed by atoms with van der Waals surface area (Å²) in [5.74, 6) is 0. The molecule has 0 atom stereocenters. The molecule has 106 valence electrons. The average Bonchev–Trinajstić information content (AvgIpc) is 3.01. The van der Waals surface area contributed by atoms with Gasteiger partial charge in [-0.25, -0.2) is 4.98 Å². The molecule has 0 radical (unpaired) electrons. The highest BCUT2D eigenvalue weighted by Gasteiger charge is 2.16. The van der Waals surface area contributed by atoms with Crippen LogP contribution in [0.25, 0.3) is 0 Å². The molecule has 0 amide bonds. The van der Waals surface area contributed by atoms with Gasteiger partial charge in [0.15, 0.2) is 0 Å². The van der Waals surface area contributed by atoms with Crippen LogP contribution in [0.2, 0.25) is 0 Å². The van der Waals surface area contributed by atoms with Gasteiger partial charge in [-0.3, -0.25) is 4.90 Å². The minimum atomic E-state index is 0.993. The van der Waals surface area contributed by atoms with Crippen molar-refractivity contribution in [2.24, 2.45) is 0 Å². The molecule has 1 N–H and O–H groups in total. The fourth-order valence-corrected chi connectivity index (χ4v) is 2.71. The number of hydrogen-bond donors (Lipinski definition) is 1. The molecule has 0 unspecified atom stereocenters. The Morgan fingerprint density at radius 3 is 2.45 bits per heavy atom. The van der Waals surface area contributed by atoms with Crippen LogP contribution in [-0.2, 0) is 13.0 Å². The summed E-state index contributed by atoms with van der Waals surface area (Å²) >= 11 is 0. The molecule has 1 aliphatic heterocycles. The Kier molecular flexibility index (Phi) is 4.46. The number of nitrogens with zero attached hydrogens (tertiary/aromatic N) is 3. The maximum absolute atomic E-state index is 4.07. The van der Waals surface area contributed by atoms with Crippen molar-refractivity contribution in [2.75, 3.05) is 32.7 Å². The van der Waals surface area contributed by atoms with Crippen LogP contribution in [0, 0.1) is 0 Å². The summed E-state index contributed by atoms with van der Waals surface area (Å²) in [6.07, 6.45) is 4.83. The van der Waals surface area contributed by atoms with Gasteiger partial charge in [-0.2, -0.15) is 0 Å². The van der Waals surface area contributed by atoms with E-state index in [1.807, 2.05) is 6.20 Å². The average molecular weight is 270 g/mol. The molecule has 0 aliphatic carbocycles. The number of piperazine rings is 1. The molecule has 3 rings (SSSR count). The predicted molar refractivity (Wildman–Crippen MR) is 80.5 cm³/mol. The van der Waals surface area contributed by atoms with Crippen LogP contribution in [0.1, 0.15) is 11.3 Å². The Labute approximate surface area is 120 Å². The second kappa shape index (κ2) is 6.68. The van der Waals surface area contributed by atoms with Gasteiger partial charge in [-0.15, -0.1) is 0 Å². The number of aromatic amines is 1. The quantitative estimate of drug-likeness (QED) is 0.899. The van der Waals surface area contributed by atoms with Gasteiger partial charge in [0, 0.05) is 51.2 Å². The summed E-state index contributed by atoms with van der Waals surface area (Å²) in [7, 11) is 0. The van der Waals surface area contributed by atoms with E-state index in [1.165, 1.54) is 30.9 Å². The van der Waals surface area contributed by atoms with E-state index in [4.69, 9.17) is 0 Å². The minimum absolute atomic E-state index is 0.993. The highest BCUT2D eigenvalue weighted by atomic mass is 15.3. The van der Waals surface area contributed by atoms with E-state index in [0.29, 0.717) is 0 Å². The number of aromatic nitrogens is 2.